The molecule has 2 aliphatic carbocycles. The molecule has 1 fully saturated rings. The van der Waals surface area contributed by atoms with E-state index < -0.39 is 0 Å². The minimum atomic E-state index is 0.708. The third-order valence-electron chi connectivity index (χ3n) is 4.61. The highest BCUT2D eigenvalue weighted by atomic mass is 14.6. The van der Waals surface area contributed by atoms with E-state index in [-0.39, 0.29) is 0 Å². The van der Waals surface area contributed by atoms with E-state index in [9.17, 15) is 0 Å². The topological polar surface area (TPSA) is 0 Å². The maximum Gasteiger partial charge on any atom is -0.0138 e. The van der Waals surface area contributed by atoms with Crippen LogP contribution in [0.1, 0.15) is 53.4 Å². The third-order valence-corrected chi connectivity index (χ3v) is 4.61. The zero-order chi connectivity index (χ0) is 11.1. The minimum absolute atomic E-state index is 0.708. The number of hydrogen-bond acceptors (Lipinski definition) is 0. The fraction of sp³-hybridized carbons (Fsp3) is 0.733. The van der Waals surface area contributed by atoms with Crippen LogP contribution >= 0.6 is 0 Å². The first-order valence-electron chi connectivity index (χ1n) is 6.36. The fourth-order valence-electron chi connectivity index (χ4n) is 3.31. The Morgan fingerprint density at radius 3 is 2.80 bits per heavy atom. The van der Waals surface area contributed by atoms with Gasteiger partial charge in [0.2, 0.25) is 0 Å². The molecule has 0 bridgehead atoms. The van der Waals surface area contributed by atoms with Gasteiger partial charge in [-0.05, 0) is 63.7 Å². The number of hydrogen-bond donors (Lipinski definition) is 0. The normalized spacial score (nSPS) is 34.4. The summed E-state index contributed by atoms with van der Waals surface area (Å²) in [4.78, 5) is 0. The summed E-state index contributed by atoms with van der Waals surface area (Å²) in [7, 11) is 0. The van der Waals surface area contributed by atoms with Gasteiger partial charge >= 0.3 is 0 Å². The molecule has 1 saturated carbocycles. The molecule has 0 aromatic carbocycles. The molecule has 84 valence electrons. The first kappa shape index (κ1) is 11.0. The summed E-state index contributed by atoms with van der Waals surface area (Å²) in [6, 6.07) is 0. The van der Waals surface area contributed by atoms with Crippen molar-refractivity contribution < 1.29 is 0 Å². The second-order valence-electron chi connectivity index (χ2n) is 5.90. The highest BCUT2D eigenvalue weighted by Gasteiger charge is 2.59. The SMILES string of the molecule is CC(C)=CCC[C@H](C)[C@@]12CC=C(C)[C@@H]1C2. The lowest BCUT2D eigenvalue weighted by Crippen LogP contribution is -2.12. The summed E-state index contributed by atoms with van der Waals surface area (Å²) < 4.78 is 0. The quantitative estimate of drug-likeness (QED) is 0.581. The van der Waals surface area contributed by atoms with E-state index in [1.165, 1.54) is 31.3 Å². The second kappa shape index (κ2) is 3.81. The lowest BCUT2D eigenvalue weighted by atomic mass is 9.84. The lowest BCUT2D eigenvalue weighted by molar-refractivity contribution is 0.309. The molecule has 2 rings (SSSR count). The van der Waals surface area contributed by atoms with Gasteiger partial charge in [0.25, 0.3) is 0 Å². The highest BCUT2D eigenvalue weighted by Crippen LogP contribution is 2.67. The van der Waals surface area contributed by atoms with E-state index in [0.29, 0.717) is 5.41 Å². The van der Waals surface area contributed by atoms with Gasteiger partial charge in [-0.1, -0.05) is 30.2 Å². The monoisotopic (exact) mass is 204 g/mol. The Labute approximate surface area is 94.5 Å². The molecule has 0 radical (unpaired) electrons. The van der Waals surface area contributed by atoms with Crippen molar-refractivity contribution in [1.29, 1.82) is 0 Å². The molecule has 0 heterocycles. The van der Waals surface area contributed by atoms with Gasteiger partial charge in [-0.2, -0.15) is 0 Å². The highest BCUT2D eigenvalue weighted by molar-refractivity contribution is 5.29. The fourth-order valence-corrected chi connectivity index (χ4v) is 3.31. The summed E-state index contributed by atoms with van der Waals surface area (Å²) in [5.41, 5.74) is 3.84. The van der Waals surface area contributed by atoms with Crippen LogP contribution in [0.5, 0.6) is 0 Å². The predicted molar refractivity (Wildman–Crippen MR) is 66.7 cm³/mol. The Morgan fingerprint density at radius 2 is 2.33 bits per heavy atom. The van der Waals surface area contributed by atoms with Crippen molar-refractivity contribution in [3.05, 3.63) is 23.3 Å². The smallest absolute Gasteiger partial charge is 0.0138 e. The van der Waals surface area contributed by atoms with E-state index >= 15 is 0 Å². The molecular weight excluding hydrogens is 180 g/mol. The van der Waals surface area contributed by atoms with Crippen LogP contribution in [0.4, 0.5) is 0 Å². The van der Waals surface area contributed by atoms with Crippen LogP contribution in [0.2, 0.25) is 0 Å². The van der Waals surface area contributed by atoms with Crippen molar-refractivity contribution in [3.8, 4) is 0 Å². The van der Waals surface area contributed by atoms with Gasteiger partial charge in [0.15, 0.2) is 0 Å². The minimum Gasteiger partial charge on any atom is -0.0859 e. The van der Waals surface area contributed by atoms with Crippen molar-refractivity contribution >= 4 is 0 Å². The zero-order valence-electron chi connectivity index (χ0n) is 10.6. The Hall–Kier alpha value is -0.520. The Kier molecular flexibility index (Phi) is 2.79. The van der Waals surface area contributed by atoms with Crippen LogP contribution in [-0.4, -0.2) is 0 Å². The average Bonchev–Trinajstić information content (AvgIpc) is 2.82. The molecule has 2 aliphatic rings. The Balaban J connectivity index is 1.84. The van der Waals surface area contributed by atoms with Crippen molar-refractivity contribution in [2.24, 2.45) is 17.3 Å². The molecule has 0 unspecified atom stereocenters. The van der Waals surface area contributed by atoms with E-state index in [2.05, 4.69) is 39.8 Å². The molecule has 0 heteroatoms. The summed E-state index contributed by atoms with van der Waals surface area (Å²) in [5, 5.41) is 0. The van der Waals surface area contributed by atoms with Crippen molar-refractivity contribution in [2.45, 2.75) is 53.4 Å². The van der Waals surface area contributed by atoms with Gasteiger partial charge in [0, 0.05) is 0 Å². The molecule has 0 aromatic heterocycles. The molecule has 0 spiro atoms. The molecule has 0 saturated heterocycles. The molecule has 0 amide bonds. The first-order valence-corrected chi connectivity index (χ1v) is 6.36. The Bertz CT molecular complexity index is 304. The first-order chi connectivity index (χ1) is 7.06. The lowest BCUT2D eigenvalue weighted by Gasteiger charge is -2.20. The van der Waals surface area contributed by atoms with Crippen LogP contribution in [0.3, 0.4) is 0 Å². The number of fused-ring (bicyclic) bond motifs is 1. The van der Waals surface area contributed by atoms with E-state index in [1.807, 2.05) is 0 Å². The number of allylic oxidation sites excluding steroid dienone is 4. The maximum atomic E-state index is 2.48. The molecule has 0 aromatic rings. The Morgan fingerprint density at radius 1 is 1.60 bits per heavy atom. The molecule has 15 heavy (non-hydrogen) atoms. The number of rotatable bonds is 4. The maximum absolute atomic E-state index is 2.48. The second-order valence-corrected chi connectivity index (χ2v) is 5.90. The third kappa shape index (κ3) is 1.91. The van der Waals surface area contributed by atoms with E-state index in [0.717, 1.165) is 11.8 Å². The van der Waals surface area contributed by atoms with Gasteiger partial charge in [0.1, 0.15) is 0 Å². The zero-order valence-corrected chi connectivity index (χ0v) is 10.6. The van der Waals surface area contributed by atoms with Crippen LogP contribution in [0.25, 0.3) is 0 Å². The molecule has 3 atom stereocenters. The molecule has 0 aliphatic heterocycles. The summed E-state index contributed by atoms with van der Waals surface area (Å²) in [5.74, 6) is 1.87. The average molecular weight is 204 g/mol. The summed E-state index contributed by atoms with van der Waals surface area (Å²) >= 11 is 0. The van der Waals surface area contributed by atoms with Crippen molar-refractivity contribution in [2.75, 3.05) is 0 Å². The molecular formula is C15H24. The summed E-state index contributed by atoms with van der Waals surface area (Å²) in [6.07, 6.45) is 10.4. The predicted octanol–water partition coefficient (Wildman–Crippen LogP) is 4.73. The summed E-state index contributed by atoms with van der Waals surface area (Å²) in [6.45, 7) is 9.18. The van der Waals surface area contributed by atoms with Crippen LogP contribution in [-0.2, 0) is 0 Å². The standard InChI is InChI=1S/C15H24/c1-11(2)6-5-7-13(4)15-9-8-12(3)14(15)10-15/h6,8,13-14H,5,7,9-10H2,1-4H3/t13-,14-,15-/m0/s1. The molecule has 0 nitrogen and oxygen atoms in total. The molecule has 0 N–H and O–H groups in total. The van der Waals surface area contributed by atoms with Crippen LogP contribution in [0, 0.1) is 17.3 Å². The van der Waals surface area contributed by atoms with Gasteiger partial charge in [-0.3, -0.25) is 0 Å². The van der Waals surface area contributed by atoms with Gasteiger partial charge in [-0.15, -0.1) is 0 Å². The van der Waals surface area contributed by atoms with Crippen LogP contribution in [0.15, 0.2) is 23.3 Å². The van der Waals surface area contributed by atoms with E-state index in [4.69, 9.17) is 0 Å². The largest absolute Gasteiger partial charge is 0.0859 e. The van der Waals surface area contributed by atoms with Crippen molar-refractivity contribution in [1.82, 2.24) is 0 Å². The van der Waals surface area contributed by atoms with Gasteiger partial charge in [-0.25, -0.2) is 0 Å². The van der Waals surface area contributed by atoms with Gasteiger partial charge < -0.3 is 0 Å². The van der Waals surface area contributed by atoms with Crippen LogP contribution < -0.4 is 0 Å². The van der Waals surface area contributed by atoms with E-state index in [1.54, 1.807) is 5.57 Å². The van der Waals surface area contributed by atoms with Crippen molar-refractivity contribution in [3.63, 3.8) is 0 Å². The van der Waals surface area contributed by atoms with Gasteiger partial charge in [0.05, 0.1) is 0 Å².